The summed E-state index contributed by atoms with van der Waals surface area (Å²) in [4.78, 5) is 21.3. The van der Waals surface area contributed by atoms with Gasteiger partial charge in [-0.2, -0.15) is 0 Å². The first-order chi connectivity index (χ1) is 12.1. The topological polar surface area (TPSA) is 93.1 Å². The van der Waals surface area contributed by atoms with Gasteiger partial charge in [0.1, 0.15) is 17.4 Å². The molecular weight excluding hydrogens is 316 g/mol. The summed E-state index contributed by atoms with van der Waals surface area (Å²) in [6, 6.07) is 16.5. The Kier molecular flexibility index (Phi) is 3.57. The van der Waals surface area contributed by atoms with Crippen LogP contribution in [0.4, 0.5) is 5.69 Å². The number of hydrogen-bond donors (Lipinski definition) is 3. The summed E-state index contributed by atoms with van der Waals surface area (Å²) in [7, 11) is 0. The molecule has 0 spiro atoms. The van der Waals surface area contributed by atoms with Gasteiger partial charge in [0.25, 0.3) is 5.56 Å². The van der Waals surface area contributed by atoms with Crippen molar-refractivity contribution in [2.24, 2.45) is 0 Å². The minimum absolute atomic E-state index is 0.0654. The molecule has 2 heterocycles. The van der Waals surface area contributed by atoms with Crippen LogP contribution in [-0.2, 0) is 0 Å². The van der Waals surface area contributed by atoms with E-state index in [-0.39, 0.29) is 28.6 Å². The van der Waals surface area contributed by atoms with Gasteiger partial charge in [0.15, 0.2) is 0 Å². The summed E-state index contributed by atoms with van der Waals surface area (Å²) >= 11 is 0. The van der Waals surface area contributed by atoms with Crippen molar-refractivity contribution >= 4 is 28.0 Å². The highest BCUT2D eigenvalue weighted by atomic mass is 16.3. The molecule has 1 aromatic heterocycles. The van der Waals surface area contributed by atoms with Crippen molar-refractivity contribution in [2.75, 3.05) is 11.4 Å². The van der Waals surface area contributed by atoms with E-state index < -0.39 is 0 Å². The number of fused-ring (bicyclic) bond motifs is 1. The molecule has 0 saturated heterocycles. The fraction of sp³-hybridized carbons (Fsp3) is 0.105. The van der Waals surface area contributed by atoms with Gasteiger partial charge in [-0.3, -0.25) is 10.2 Å². The van der Waals surface area contributed by atoms with Crippen molar-refractivity contribution in [3.8, 4) is 0 Å². The average molecular weight is 332 g/mol. The van der Waals surface area contributed by atoms with E-state index >= 15 is 0 Å². The van der Waals surface area contributed by atoms with Crippen LogP contribution in [0.2, 0.25) is 0 Å². The van der Waals surface area contributed by atoms with Crippen LogP contribution in [0.5, 0.6) is 0 Å². The predicted octanol–water partition coefficient (Wildman–Crippen LogP) is 3.08. The summed E-state index contributed by atoms with van der Waals surface area (Å²) in [6.45, 7) is 0.496. The number of aliphatic hydroxyl groups is 1. The zero-order valence-corrected chi connectivity index (χ0v) is 13.4. The first-order valence-electron chi connectivity index (χ1n) is 7.98. The molecule has 0 saturated carbocycles. The molecule has 2 aromatic carbocycles. The number of anilines is 1. The predicted molar refractivity (Wildman–Crippen MR) is 98.0 cm³/mol. The van der Waals surface area contributed by atoms with Crippen molar-refractivity contribution < 1.29 is 5.11 Å². The van der Waals surface area contributed by atoms with Crippen LogP contribution < -0.4 is 10.5 Å². The third kappa shape index (κ3) is 2.57. The van der Waals surface area contributed by atoms with Crippen molar-refractivity contribution in [2.45, 2.75) is 6.42 Å². The summed E-state index contributed by atoms with van der Waals surface area (Å²) in [6.07, 6.45) is 0.378. The van der Waals surface area contributed by atoms with E-state index in [0.29, 0.717) is 23.9 Å². The van der Waals surface area contributed by atoms with E-state index in [0.717, 1.165) is 5.69 Å². The van der Waals surface area contributed by atoms with Gasteiger partial charge in [-0.15, -0.1) is 0 Å². The van der Waals surface area contributed by atoms with E-state index in [1.807, 2.05) is 30.3 Å². The number of aromatic nitrogens is 2. The van der Waals surface area contributed by atoms with E-state index in [1.165, 1.54) is 0 Å². The second-order valence-corrected chi connectivity index (χ2v) is 5.84. The highest BCUT2D eigenvalue weighted by Gasteiger charge is 2.28. The Morgan fingerprint density at radius 1 is 1.08 bits per heavy atom. The first kappa shape index (κ1) is 15.1. The lowest BCUT2D eigenvalue weighted by Crippen LogP contribution is -2.37. The van der Waals surface area contributed by atoms with Crippen LogP contribution >= 0.6 is 0 Å². The van der Waals surface area contributed by atoms with Gasteiger partial charge in [0.05, 0.1) is 16.5 Å². The Hall–Kier alpha value is -3.41. The number of para-hydroxylation sites is 2. The van der Waals surface area contributed by atoms with Gasteiger partial charge < -0.3 is 15.0 Å². The minimum Gasteiger partial charge on any atom is -0.511 e. The van der Waals surface area contributed by atoms with Gasteiger partial charge in [0.2, 0.25) is 0 Å². The largest absolute Gasteiger partial charge is 0.511 e. The van der Waals surface area contributed by atoms with Crippen LogP contribution in [0.15, 0.2) is 65.2 Å². The number of nitrogens with one attached hydrogen (secondary N) is 2. The lowest BCUT2D eigenvalue weighted by Gasteiger charge is -2.30. The molecule has 0 amide bonds. The fourth-order valence-corrected chi connectivity index (χ4v) is 3.05. The van der Waals surface area contributed by atoms with Crippen LogP contribution in [0, 0.1) is 5.41 Å². The Morgan fingerprint density at radius 3 is 2.60 bits per heavy atom. The van der Waals surface area contributed by atoms with Gasteiger partial charge in [-0.05, 0) is 24.3 Å². The summed E-state index contributed by atoms with van der Waals surface area (Å²) < 4.78 is 0. The number of amidine groups is 1. The Morgan fingerprint density at radius 2 is 1.80 bits per heavy atom. The molecular formula is C19H16N4O2. The molecule has 1 aliphatic heterocycles. The molecule has 6 nitrogen and oxygen atoms in total. The number of nitrogens with zero attached hydrogens (tertiary/aromatic N) is 2. The number of aromatic amines is 1. The number of H-pyrrole nitrogens is 1. The summed E-state index contributed by atoms with van der Waals surface area (Å²) in [5.74, 6) is 0.399. The zero-order chi connectivity index (χ0) is 17.4. The molecule has 3 aromatic rings. The highest BCUT2D eigenvalue weighted by molar-refractivity contribution is 6.28. The molecule has 4 rings (SSSR count). The van der Waals surface area contributed by atoms with E-state index in [9.17, 15) is 9.90 Å². The fourth-order valence-electron chi connectivity index (χ4n) is 3.05. The van der Waals surface area contributed by atoms with E-state index in [4.69, 9.17) is 5.41 Å². The molecule has 0 unspecified atom stereocenters. The van der Waals surface area contributed by atoms with Crippen molar-refractivity contribution in [3.05, 3.63) is 76.5 Å². The van der Waals surface area contributed by atoms with Gasteiger partial charge in [-0.25, -0.2) is 4.98 Å². The maximum atomic E-state index is 12.3. The Labute approximate surface area is 143 Å². The molecule has 0 atom stereocenters. The second kappa shape index (κ2) is 5.90. The highest BCUT2D eigenvalue weighted by Crippen LogP contribution is 2.28. The minimum atomic E-state index is -0.287. The average Bonchev–Trinajstić information content (AvgIpc) is 2.63. The molecule has 25 heavy (non-hydrogen) atoms. The molecule has 0 radical (unpaired) electrons. The van der Waals surface area contributed by atoms with Crippen LogP contribution in [0.1, 0.15) is 12.2 Å². The van der Waals surface area contributed by atoms with Crippen molar-refractivity contribution in [1.82, 2.24) is 9.97 Å². The number of rotatable bonds is 2. The number of benzene rings is 2. The molecule has 1 aliphatic rings. The quantitative estimate of drug-likeness (QED) is 0.672. The summed E-state index contributed by atoms with van der Waals surface area (Å²) in [5, 5.41) is 19.4. The lowest BCUT2D eigenvalue weighted by atomic mass is 10.0. The molecule has 0 fully saturated rings. The smallest absolute Gasteiger partial charge is 0.259 e. The van der Waals surface area contributed by atoms with Crippen molar-refractivity contribution in [1.29, 1.82) is 5.41 Å². The lowest BCUT2D eigenvalue weighted by molar-refractivity contribution is 0.391. The number of aliphatic hydroxyl groups excluding tert-OH is 1. The van der Waals surface area contributed by atoms with Crippen LogP contribution in [-0.4, -0.2) is 27.5 Å². The standard InChI is InChI=1S/C19H16N4O2/c20-17-16(15(24)10-11-23(17)12-6-2-1-3-7-12)18-21-14-9-5-4-8-13(14)19(25)22-18/h1-9,20,24H,10-11H2,(H,21,22,25). The molecule has 124 valence electrons. The van der Waals surface area contributed by atoms with Gasteiger partial charge in [-0.1, -0.05) is 30.3 Å². The van der Waals surface area contributed by atoms with Gasteiger partial charge >= 0.3 is 0 Å². The van der Waals surface area contributed by atoms with Crippen molar-refractivity contribution in [3.63, 3.8) is 0 Å². The van der Waals surface area contributed by atoms with E-state index in [2.05, 4.69) is 9.97 Å². The maximum absolute atomic E-state index is 12.3. The maximum Gasteiger partial charge on any atom is 0.259 e. The SMILES string of the molecule is N=C1C(c2nc3ccccc3c(=O)[nH]2)=C(O)CCN1c1ccccc1. The normalized spacial score (nSPS) is 15.0. The molecule has 0 aliphatic carbocycles. The zero-order valence-electron chi connectivity index (χ0n) is 13.4. The van der Waals surface area contributed by atoms with Crippen LogP contribution in [0.25, 0.3) is 16.5 Å². The third-order valence-electron chi connectivity index (χ3n) is 4.29. The first-order valence-corrected chi connectivity index (χ1v) is 7.98. The van der Waals surface area contributed by atoms with E-state index in [1.54, 1.807) is 29.2 Å². The third-order valence-corrected chi connectivity index (χ3v) is 4.29. The Bertz CT molecular complexity index is 1050. The second-order valence-electron chi connectivity index (χ2n) is 5.84. The molecule has 3 N–H and O–H groups in total. The number of hydrogen-bond acceptors (Lipinski definition) is 4. The van der Waals surface area contributed by atoms with Crippen LogP contribution in [0.3, 0.4) is 0 Å². The monoisotopic (exact) mass is 332 g/mol. The Balaban J connectivity index is 1.83. The van der Waals surface area contributed by atoms with Gasteiger partial charge in [0, 0.05) is 18.7 Å². The molecule has 0 bridgehead atoms. The summed E-state index contributed by atoms with van der Waals surface area (Å²) in [5.41, 5.74) is 1.37. The molecule has 6 heteroatoms.